The van der Waals surface area contributed by atoms with E-state index in [0.29, 0.717) is 11.7 Å². The SMILES string of the molecule is CC(C)(C)Cc1cc2c(c(Cl)n1)OC1(CCC1)C[C@@H]2NC[C@@H](O[Si](C)(C)C(C)(C)C)[C@H](C[Si](C)(C)C)NC(=O)OC(C)(C)C. The lowest BCUT2D eigenvalue weighted by atomic mass is 9.73. The summed E-state index contributed by atoms with van der Waals surface area (Å²) in [5, 5.41) is 7.68. The number of carbonyl (C=O) groups excluding carboxylic acids is 1. The van der Waals surface area contributed by atoms with Crippen molar-refractivity contribution < 1.29 is 18.7 Å². The topological polar surface area (TPSA) is 81.7 Å². The standard InChI is InChI=1S/C34H62ClN3O4Si2/c1-31(2,3)19-23-18-24-25(20-34(16-15-17-34)40-28(24)29(35)37-23)36-21-27(42-44(13,14)33(7,8)9)26(22-43(10,11)12)38-30(39)41-32(4,5)6/h18,25-27,36H,15-17,19-22H2,1-14H3,(H,38,39)/t25-,26-,27+/m0/s1. The molecule has 1 amide bonds. The summed E-state index contributed by atoms with van der Waals surface area (Å²) in [5.74, 6) is 0.722. The average molecular weight is 669 g/mol. The van der Waals surface area contributed by atoms with Gasteiger partial charge in [-0.3, -0.25) is 0 Å². The average Bonchev–Trinajstić information content (AvgIpc) is 2.76. The van der Waals surface area contributed by atoms with Gasteiger partial charge in [0.05, 0.1) is 12.1 Å². The molecule has 3 atom stereocenters. The second kappa shape index (κ2) is 13.2. The fourth-order valence-electron chi connectivity index (χ4n) is 5.84. The largest absolute Gasteiger partial charge is 0.484 e. The molecule has 0 bridgehead atoms. The number of nitrogens with one attached hydrogen (secondary N) is 2. The fraction of sp³-hybridized carbons (Fsp3) is 0.824. The van der Waals surface area contributed by atoms with Gasteiger partial charge in [-0.1, -0.05) is 72.8 Å². The highest BCUT2D eigenvalue weighted by Crippen LogP contribution is 2.51. The molecule has 0 aromatic carbocycles. The van der Waals surface area contributed by atoms with Crippen molar-refractivity contribution in [2.75, 3.05) is 6.54 Å². The molecule has 1 saturated carbocycles. The van der Waals surface area contributed by atoms with Crippen LogP contribution >= 0.6 is 11.6 Å². The number of carbonyl (C=O) groups is 1. The van der Waals surface area contributed by atoms with Crippen molar-refractivity contribution in [1.82, 2.24) is 15.6 Å². The highest BCUT2D eigenvalue weighted by molar-refractivity contribution is 6.76. The number of hydrogen-bond acceptors (Lipinski definition) is 6. The summed E-state index contributed by atoms with van der Waals surface area (Å²) >= 11 is 6.84. The van der Waals surface area contributed by atoms with Gasteiger partial charge in [0.15, 0.2) is 19.2 Å². The van der Waals surface area contributed by atoms with Gasteiger partial charge < -0.3 is 24.5 Å². The molecule has 2 N–H and O–H groups in total. The molecule has 0 saturated heterocycles. The Kier molecular flexibility index (Phi) is 11.2. The Hall–Kier alpha value is -1.14. The summed E-state index contributed by atoms with van der Waals surface area (Å²) in [6.07, 6.45) is 4.28. The van der Waals surface area contributed by atoms with Crippen LogP contribution in [0, 0.1) is 5.41 Å². The van der Waals surface area contributed by atoms with E-state index in [4.69, 9.17) is 30.5 Å². The minimum absolute atomic E-state index is 0.0171. The van der Waals surface area contributed by atoms with Crippen LogP contribution in [0.25, 0.3) is 0 Å². The summed E-state index contributed by atoms with van der Waals surface area (Å²) in [5.41, 5.74) is 1.36. The summed E-state index contributed by atoms with van der Waals surface area (Å²) in [6.45, 7) is 31.3. The Morgan fingerprint density at radius 2 is 1.70 bits per heavy atom. The number of rotatable bonds is 10. The number of fused-ring (bicyclic) bond motifs is 1. The maximum atomic E-state index is 13.2. The van der Waals surface area contributed by atoms with Crippen LogP contribution in [0.4, 0.5) is 4.79 Å². The van der Waals surface area contributed by atoms with E-state index in [0.717, 1.165) is 55.2 Å². The highest BCUT2D eigenvalue weighted by atomic mass is 35.5. The number of halogens is 1. The van der Waals surface area contributed by atoms with E-state index in [-0.39, 0.29) is 40.3 Å². The fourth-order valence-corrected chi connectivity index (χ4v) is 9.14. The molecule has 1 spiro atoms. The normalized spacial score (nSPS) is 20.3. The predicted octanol–water partition coefficient (Wildman–Crippen LogP) is 9.28. The molecule has 2 heterocycles. The molecule has 0 unspecified atom stereocenters. The zero-order valence-corrected chi connectivity index (χ0v) is 33.0. The Bertz CT molecular complexity index is 1160. The number of ether oxygens (including phenoxy) is 2. The number of nitrogens with zero attached hydrogens (tertiary/aromatic N) is 1. The molecule has 1 aliphatic heterocycles. The van der Waals surface area contributed by atoms with E-state index in [9.17, 15) is 4.79 Å². The minimum atomic E-state index is -2.20. The summed E-state index contributed by atoms with van der Waals surface area (Å²) in [4.78, 5) is 18.0. The smallest absolute Gasteiger partial charge is 0.407 e. The maximum absolute atomic E-state index is 13.2. The lowest BCUT2D eigenvalue weighted by Crippen LogP contribution is -2.57. The third-order valence-corrected chi connectivity index (χ3v) is 15.5. The number of amides is 1. The van der Waals surface area contributed by atoms with Crippen molar-refractivity contribution in [2.45, 2.75) is 168 Å². The van der Waals surface area contributed by atoms with Crippen molar-refractivity contribution in [1.29, 1.82) is 0 Å². The monoisotopic (exact) mass is 667 g/mol. The number of hydrogen-bond donors (Lipinski definition) is 2. The number of aromatic nitrogens is 1. The number of alkyl carbamates (subject to hydrolysis) is 1. The van der Waals surface area contributed by atoms with E-state index >= 15 is 0 Å². The van der Waals surface area contributed by atoms with Gasteiger partial charge in [-0.15, -0.1) is 0 Å². The van der Waals surface area contributed by atoms with E-state index in [2.05, 4.69) is 91.0 Å². The summed E-state index contributed by atoms with van der Waals surface area (Å²) in [6, 6.07) is 2.93. The summed E-state index contributed by atoms with van der Waals surface area (Å²) < 4.78 is 19.6. The summed E-state index contributed by atoms with van der Waals surface area (Å²) in [7, 11) is -3.83. The van der Waals surface area contributed by atoms with Gasteiger partial charge in [-0.25, -0.2) is 9.78 Å². The van der Waals surface area contributed by atoms with Crippen LogP contribution in [-0.2, 0) is 15.6 Å². The van der Waals surface area contributed by atoms with Crippen LogP contribution in [-0.4, -0.2) is 57.4 Å². The molecule has 0 radical (unpaired) electrons. The molecule has 1 aromatic rings. The van der Waals surface area contributed by atoms with Gasteiger partial charge in [-0.05, 0) is 82.1 Å². The van der Waals surface area contributed by atoms with Crippen molar-refractivity contribution in [2.24, 2.45) is 5.41 Å². The van der Waals surface area contributed by atoms with E-state index in [1.807, 2.05) is 20.8 Å². The molecular formula is C34H62ClN3O4Si2. The van der Waals surface area contributed by atoms with Crippen LogP contribution in [0.5, 0.6) is 5.75 Å². The molecular weight excluding hydrogens is 606 g/mol. The van der Waals surface area contributed by atoms with Crippen LogP contribution in [0.2, 0.25) is 49.0 Å². The first-order chi connectivity index (χ1) is 19.8. The second-order valence-electron chi connectivity index (χ2n) is 18.3. The van der Waals surface area contributed by atoms with Gasteiger partial charge in [0, 0.05) is 38.3 Å². The zero-order valence-electron chi connectivity index (χ0n) is 30.2. The van der Waals surface area contributed by atoms with Gasteiger partial charge in [-0.2, -0.15) is 0 Å². The third-order valence-electron chi connectivity index (χ3n) is 9.06. The highest BCUT2D eigenvalue weighted by Gasteiger charge is 2.48. The molecule has 1 aliphatic carbocycles. The first-order valence-electron chi connectivity index (χ1n) is 16.6. The van der Waals surface area contributed by atoms with Gasteiger partial charge in [0.1, 0.15) is 11.2 Å². The van der Waals surface area contributed by atoms with Crippen LogP contribution in [0.1, 0.15) is 105 Å². The molecule has 7 nitrogen and oxygen atoms in total. The molecule has 1 aromatic heterocycles. The first-order valence-corrected chi connectivity index (χ1v) is 23.6. The Morgan fingerprint density at radius 3 is 2.18 bits per heavy atom. The Balaban J connectivity index is 2.00. The molecule has 10 heteroatoms. The molecule has 252 valence electrons. The maximum Gasteiger partial charge on any atom is 0.407 e. The van der Waals surface area contributed by atoms with Crippen molar-refractivity contribution in [3.63, 3.8) is 0 Å². The quantitative estimate of drug-likeness (QED) is 0.191. The van der Waals surface area contributed by atoms with Crippen molar-refractivity contribution in [3.8, 4) is 5.75 Å². The van der Waals surface area contributed by atoms with Crippen LogP contribution in [0.3, 0.4) is 0 Å². The third kappa shape index (κ3) is 10.4. The first kappa shape index (κ1) is 37.3. The van der Waals surface area contributed by atoms with Crippen LogP contribution in [0.15, 0.2) is 6.07 Å². The van der Waals surface area contributed by atoms with Crippen LogP contribution < -0.4 is 15.4 Å². The zero-order chi connectivity index (χ0) is 33.5. The van der Waals surface area contributed by atoms with Gasteiger partial charge >= 0.3 is 6.09 Å². The Labute approximate surface area is 275 Å². The van der Waals surface area contributed by atoms with Crippen molar-refractivity contribution in [3.05, 3.63) is 22.5 Å². The van der Waals surface area contributed by atoms with Gasteiger partial charge in [0.2, 0.25) is 0 Å². The molecule has 2 aliphatic rings. The minimum Gasteiger partial charge on any atom is -0.484 e. The van der Waals surface area contributed by atoms with Gasteiger partial charge in [0.25, 0.3) is 0 Å². The lowest BCUT2D eigenvalue weighted by molar-refractivity contribution is -0.0383. The van der Waals surface area contributed by atoms with E-state index in [1.165, 1.54) is 0 Å². The molecule has 1 fully saturated rings. The lowest BCUT2D eigenvalue weighted by Gasteiger charge is -2.49. The van der Waals surface area contributed by atoms with Crippen molar-refractivity contribution >= 4 is 34.1 Å². The Morgan fingerprint density at radius 1 is 1.09 bits per heavy atom. The molecule has 44 heavy (non-hydrogen) atoms. The van der Waals surface area contributed by atoms with E-state index in [1.54, 1.807) is 0 Å². The number of pyridine rings is 1. The predicted molar refractivity (Wildman–Crippen MR) is 188 cm³/mol. The molecule has 3 rings (SSSR count). The second-order valence-corrected chi connectivity index (χ2v) is 28.9. The van der Waals surface area contributed by atoms with E-state index < -0.39 is 22.0 Å².